The van der Waals surface area contributed by atoms with Gasteiger partial charge < -0.3 is 5.73 Å². The highest BCUT2D eigenvalue weighted by Crippen LogP contribution is 2.43. The Kier molecular flexibility index (Phi) is 10.5. The first-order chi connectivity index (χ1) is 14.6. The smallest absolute Gasteiger partial charge is 0.232 e. The molecule has 4 aliphatic carbocycles. The van der Waals surface area contributed by atoms with Gasteiger partial charge in [-0.05, 0) is 80.6 Å². The molecule has 0 saturated heterocycles. The third-order valence-electron chi connectivity index (χ3n) is 6.62. The minimum Gasteiger partial charge on any atom is -0.330 e. The van der Waals surface area contributed by atoms with Gasteiger partial charge in [0.2, 0.25) is 19.1 Å². The molecule has 2 saturated carbocycles. The van der Waals surface area contributed by atoms with E-state index in [-0.39, 0.29) is 11.5 Å². The molecule has 0 amide bonds. The zero-order valence-corrected chi connectivity index (χ0v) is 21.1. The molecule has 0 aromatic carbocycles. The van der Waals surface area contributed by atoms with Crippen molar-refractivity contribution >= 4 is 29.8 Å². The lowest BCUT2D eigenvalue weighted by molar-refractivity contribution is 0.440. The first-order valence-corrected chi connectivity index (χ1v) is 15.7. The van der Waals surface area contributed by atoms with Crippen LogP contribution >= 0.6 is 10.7 Å². The molecular weight excluding hydrogens is 456 g/mol. The van der Waals surface area contributed by atoms with Gasteiger partial charge in [-0.3, -0.25) is 0 Å². The van der Waals surface area contributed by atoms with Gasteiger partial charge in [0.25, 0.3) is 0 Å². The molecule has 6 nitrogen and oxygen atoms in total. The lowest BCUT2D eigenvalue weighted by atomic mass is 9.94. The van der Waals surface area contributed by atoms with Crippen molar-refractivity contribution in [3.8, 4) is 0 Å². The molecule has 0 aliphatic heterocycles. The van der Waals surface area contributed by atoms with Gasteiger partial charge in [0.15, 0.2) is 0 Å². The average Bonchev–Trinajstić information content (AvgIpc) is 3.47. The van der Waals surface area contributed by atoms with Crippen molar-refractivity contribution in [2.24, 2.45) is 41.2 Å². The molecule has 4 aliphatic rings. The summed E-state index contributed by atoms with van der Waals surface area (Å²) in [6, 6.07) is 0. The molecule has 4 rings (SSSR count). The van der Waals surface area contributed by atoms with Crippen molar-refractivity contribution in [3.05, 3.63) is 24.3 Å². The fourth-order valence-corrected chi connectivity index (χ4v) is 7.21. The topological polar surface area (TPSA) is 106 Å². The highest BCUT2D eigenvalue weighted by Gasteiger charge is 2.36. The minimum atomic E-state index is -3.20. The Labute approximate surface area is 193 Å². The average molecular weight is 495 g/mol. The Bertz CT molecular complexity index is 826. The molecule has 180 valence electrons. The third kappa shape index (κ3) is 9.16. The summed E-state index contributed by atoms with van der Waals surface area (Å²) >= 11 is 0. The van der Waals surface area contributed by atoms with E-state index in [2.05, 4.69) is 29.0 Å². The maximum absolute atomic E-state index is 11.5. The lowest BCUT2D eigenvalue weighted by Gasteiger charge is -2.18. The molecule has 6 unspecified atom stereocenters. The van der Waals surface area contributed by atoms with Gasteiger partial charge >= 0.3 is 0 Å². The van der Waals surface area contributed by atoms with Crippen LogP contribution in [0.25, 0.3) is 0 Å². The van der Waals surface area contributed by atoms with E-state index in [4.69, 9.17) is 16.4 Å². The van der Waals surface area contributed by atoms with Crippen LogP contribution in [-0.4, -0.2) is 41.4 Å². The molecule has 0 aromatic rings. The van der Waals surface area contributed by atoms with Gasteiger partial charge in [-0.1, -0.05) is 38.2 Å². The van der Waals surface area contributed by atoms with Crippen molar-refractivity contribution in [2.75, 3.05) is 24.6 Å². The van der Waals surface area contributed by atoms with E-state index < -0.39 is 19.1 Å². The predicted octanol–water partition coefficient (Wildman–Crippen LogP) is 3.65. The second-order valence-electron chi connectivity index (χ2n) is 9.23. The van der Waals surface area contributed by atoms with Crippen molar-refractivity contribution in [1.29, 1.82) is 0 Å². The summed E-state index contributed by atoms with van der Waals surface area (Å²) in [5.41, 5.74) is 5.59. The van der Waals surface area contributed by atoms with Gasteiger partial charge in [-0.2, -0.15) is 0 Å². The molecule has 0 spiro atoms. The summed E-state index contributed by atoms with van der Waals surface area (Å²) in [5.74, 6) is 4.77. The zero-order valence-electron chi connectivity index (χ0n) is 18.7. The Morgan fingerprint density at radius 1 is 0.839 bits per heavy atom. The number of nitrogens with two attached hydrogens (primary N) is 1. The van der Waals surface area contributed by atoms with Crippen molar-refractivity contribution in [3.63, 3.8) is 0 Å². The summed E-state index contributed by atoms with van der Waals surface area (Å²) in [6.45, 7) is 5.18. The van der Waals surface area contributed by atoms with E-state index in [9.17, 15) is 16.8 Å². The molecule has 3 N–H and O–H groups in total. The minimum absolute atomic E-state index is 0.0779. The number of hydrogen-bond donors (Lipinski definition) is 2. The number of nitrogens with one attached hydrogen (secondary N) is 1. The summed E-state index contributed by atoms with van der Waals surface area (Å²) in [4.78, 5) is 0. The van der Waals surface area contributed by atoms with Gasteiger partial charge in [-0.25, -0.2) is 21.6 Å². The van der Waals surface area contributed by atoms with E-state index in [1.807, 2.05) is 6.92 Å². The Hall–Kier alpha value is -0.410. The zero-order chi connectivity index (χ0) is 23.1. The van der Waals surface area contributed by atoms with Crippen molar-refractivity contribution in [2.45, 2.75) is 52.4 Å². The molecule has 31 heavy (non-hydrogen) atoms. The standard InChI is InChI=1S/C11H19NO2S.C8H13N.C3H7ClO2S/c1-2-5-15(13,14)12-8-11-7-9-3-4-10(11)6-9;9-5-8-4-6-1-2-7(8)3-6;1-2-3-7(4,5)6/h3-4,9-12H,2,5-8H2,1H3;1-2,6-8H,3-5,9H2;2-3H2,1H3. The predicted molar refractivity (Wildman–Crippen MR) is 129 cm³/mol. The second-order valence-corrected chi connectivity index (χ2v) is 14.0. The third-order valence-corrected chi connectivity index (χ3v) is 9.53. The summed E-state index contributed by atoms with van der Waals surface area (Å²) in [7, 11) is -1.41. The summed E-state index contributed by atoms with van der Waals surface area (Å²) in [5, 5.41) is 0. The van der Waals surface area contributed by atoms with Crippen molar-refractivity contribution < 1.29 is 16.8 Å². The maximum atomic E-state index is 11.5. The van der Waals surface area contributed by atoms with Crippen LogP contribution in [0.15, 0.2) is 24.3 Å². The van der Waals surface area contributed by atoms with Crippen LogP contribution in [0.1, 0.15) is 52.4 Å². The van der Waals surface area contributed by atoms with Gasteiger partial charge in [0.05, 0.1) is 11.5 Å². The van der Waals surface area contributed by atoms with Crippen LogP contribution in [0.3, 0.4) is 0 Å². The van der Waals surface area contributed by atoms with Crippen LogP contribution in [0.2, 0.25) is 0 Å². The van der Waals surface area contributed by atoms with Gasteiger partial charge in [0.1, 0.15) is 0 Å². The largest absolute Gasteiger partial charge is 0.330 e. The molecule has 6 atom stereocenters. The number of rotatable bonds is 8. The molecule has 9 heteroatoms. The van der Waals surface area contributed by atoms with Crippen LogP contribution in [-0.2, 0) is 19.1 Å². The van der Waals surface area contributed by atoms with Crippen LogP contribution < -0.4 is 10.5 Å². The lowest BCUT2D eigenvalue weighted by Crippen LogP contribution is -2.32. The van der Waals surface area contributed by atoms with E-state index in [0.29, 0.717) is 31.2 Å². The first-order valence-electron chi connectivity index (χ1n) is 11.5. The normalized spacial score (nSPS) is 32.5. The number of hydrogen-bond acceptors (Lipinski definition) is 5. The molecule has 0 heterocycles. The van der Waals surface area contributed by atoms with Crippen LogP contribution in [0.5, 0.6) is 0 Å². The van der Waals surface area contributed by atoms with E-state index in [0.717, 1.165) is 36.6 Å². The Morgan fingerprint density at radius 3 is 1.65 bits per heavy atom. The Morgan fingerprint density at radius 2 is 1.35 bits per heavy atom. The second kappa shape index (κ2) is 12.2. The fraction of sp³-hybridized carbons (Fsp3) is 0.818. The quantitative estimate of drug-likeness (QED) is 0.395. The highest BCUT2D eigenvalue weighted by molar-refractivity contribution is 8.13. The number of halogens is 1. The monoisotopic (exact) mass is 494 g/mol. The Balaban J connectivity index is 0.000000182. The number of sulfonamides is 1. The van der Waals surface area contributed by atoms with Crippen LogP contribution in [0.4, 0.5) is 0 Å². The molecular formula is C22H39ClN2O4S2. The van der Waals surface area contributed by atoms with Crippen molar-refractivity contribution in [1.82, 2.24) is 4.72 Å². The molecule has 0 radical (unpaired) electrons. The fourth-order valence-electron chi connectivity index (χ4n) is 5.11. The SMILES string of the molecule is CCCS(=O)(=O)Cl.CCCS(=O)(=O)NCC1CC2C=CC1C2.NCC1CC2C=CC1C2. The van der Waals surface area contributed by atoms with E-state index in [1.54, 1.807) is 6.92 Å². The molecule has 4 bridgehead atoms. The van der Waals surface area contributed by atoms with E-state index >= 15 is 0 Å². The summed E-state index contributed by atoms with van der Waals surface area (Å²) < 4.78 is 45.6. The van der Waals surface area contributed by atoms with E-state index in [1.165, 1.54) is 19.3 Å². The van der Waals surface area contributed by atoms with Gasteiger partial charge in [-0.15, -0.1) is 0 Å². The highest BCUT2D eigenvalue weighted by atomic mass is 35.7. The number of allylic oxidation sites excluding steroid dienone is 4. The maximum Gasteiger partial charge on any atom is 0.232 e. The van der Waals surface area contributed by atoms with Gasteiger partial charge in [0, 0.05) is 17.2 Å². The summed E-state index contributed by atoms with van der Waals surface area (Å²) in [6.07, 6.45) is 15.7. The molecule has 0 aromatic heterocycles. The number of fused-ring (bicyclic) bond motifs is 4. The molecule has 2 fully saturated rings. The first kappa shape index (κ1) is 26.8. The van der Waals surface area contributed by atoms with Crippen LogP contribution in [0, 0.1) is 35.5 Å².